The van der Waals surface area contributed by atoms with Gasteiger partial charge in [-0.25, -0.2) is 0 Å². The molecule has 0 saturated carbocycles. The van der Waals surface area contributed by atoms with Crippen LogP contribution in [0.25, 0.3) is 0 Å². The van der Waals surface area contributed by atoms with Gasteiger partial charge in [0.2, 0.25) is 0 Å². The highest BCUT2D eigenvalue weighted by atomic mass is 15.1. The van der Waals surface area contributed by atoms with Crippen molar-refractivity contribution in [3.8, 4) is 0 Å². The standard InChI is InChI=1S/C17H26N2/c1-13(2)14-7-10-19(11-8-14)12-16-5-3-4-15-6-9-18-17(15)16/h3-5,13-14,18H,6-12H2,1-2H3. The summed E-state index contributed by atoms with van der Waals surface area (Å²) >= 11 is 0. The van der Waals surface area contributed by atoms with Gasteiger partial charge in [0.25, 0.3) is 0 Å². The topological polar surface area (TPSA) is 15.3 Å². The Balaban J connectivity index is 1.63. The summed E-state index contributed by atoms with van der Waals surface area (Å²) in [6.45, 7) is 9.52. The molecule has 2 aliphatic heterocycles. The van der Waals surface area contributed by atoms with Crippen LogP contribution in [0.3, 0.4) is 0 Å². The van der Waals surface area contributed by atoms with E-state index in [2.05, 4.69) is 42.3 Å². The minimum Gasteiger partial charge on any atom is -0.384 e. The zero-order valence-corrected chi connectivity index (χ0v) is 12.3. The van der Waals surface area contributed by atoms with E-state index in [1.54, 1.807) is 0 Å². The number of hydrogen-bond acceptors (Lipinski definition) is 2. The molecule has 1 fully saturated rings. The highest BCUT2D eigenvalue weighted by Crippen LogP contribution is 2.30. The molecule has 19 heavy (non-hydrogen) atoms. The maximum Gasteiger partial charge on any atom is 0.0419 e. The summed E-state index contributed by atoms with van der Waals surface area (Å²) in [6.07, 6.45) is 3.94. The lowest BCUT2D eigenvalue weighted by Crippen LogP contribution is -2.34. The van der Waals surface area contributed by atoms with Crippen molar-refractivity contribution in [1.82, 2.24) is 4.90 Å². The van der Waals surface area contributed by atoms with Gasteiger partial charge in [-0.3, -0.25) is 4.90 Å². The van der Waals surface area contributed by atoms with Gasteiger partial charge in [-0.05, 0) is 55.3 Å². The van der Waals surface area contributed by atoms with Crippen LogP contribution < -0.4 is 5.32 Å². The molecule has 3 rings (SSSR count). The molecule has 1 aromatic rings. The number of benzene rings is 1. The van der Waals surface area contributed by atoms with Crippen LogP contribution in [0.4, 0.5) is 5.69 Å². The van der Waals surface area contributed by atoms with E-state index < -0.39 is 0 Å². The number of para-hydroxylation sites is 1. The van der Waals surface area contributed by atoms with Crippen LogP contribution in [0.1, 0.15) is 37.8 Å². The molecule has 2 aliphatic rings. The van der Waals surface area contributed by atoms with Gasteiger partial charge in [-0.2, -0.15) is 0 Å². The van der Waals surface area contributed by atoms with Gasteiger partial charge in [-0.15, -0.1) is 0 Å². The van der Waals surface area contributed by atoms with Gasteiger partial charge in [0.05, 0.1) is 0 Å². The van der Waals surface area contributed by atoms with Gasteiger partial charge in [0, 0.05) is 18.8 Å². The van der Waals surface area contributed by atoms with Crippen LogP contribution in [-0.4, -0.2) is 24.5 Å². The Kier molecular flexibility index (Phi) is 3.79. The quantitative estimate of drug-likeness (QED) is 0.892. The fraction of sp³-hybridized carbons (Fsp3) is 0.647. The van der Waals surface area contributed by atoms with E-state index in [0.717, 1.165) is 24.9 Å². The molecule has 0 radical (unpaired) electrons. The van der Waals surface area contributed by atoms with Crippen LogP contribution in [0.5, 0.6) is 0 Å². The van der Waals surface area contributed by atoms with Crippen molar-refractivity contribution in [2.75, 3.05) is 25.0 Å². The molecule has 2 heteroatoms. The summed E-state index contributed by atoms with van der Waals surface area (Å²) in [4.78, 5) is 2.63. The van der Waals surface area contributed by atoms with Crippen molar-refractivity contribution in [2.45, 2.75) is 39.7 Å². The fourth-order valence-electron chi connectivity index (χ4n) is 3.56. The van der Waals surface area contributed by atoms with Crippen LogP contribution in [0.2, 0.25) is 0 Å². The maximum atomic E-state index is 3.56. The Labute approximate surface area is 117 Å². The molecular weight excluding hydrogens is 232 g/mol. The highest BCUT2D eigenvalue weighted by molar-refractivity contribution is 5.61. The van der Waals surface area contributed by atoms with Crippen LogP contribution >= 0.6 is 0 Å². The number of anilines is 1. The molecule has 104 valence electrons. The van der Waals surface area contributed by atoms with E-state index in [0.29, 0.717) is 0 Å². The Bertz CT molecular complexity index is 431. The molecule has 0 spiro atoms. The van der Waals surface area contributed by atoms with Gasteiger partial charge >= 0.3 is 0 Å². The van der Waals surface area contributed by atoms with Crippen molar-refractivity contribution in [1.29, 1.82) is 0 Å². The fourth-order valence-corrected chi connectivity index (χ4v) is 3.56. The third-order valence-corrected chi connectivity index (χ3v) is 4.90. The average Bonchev–Trinajstić information content (AvgIpc) is 2.89. The Hall–Kier alpha value is -1.02. The molecule has 0 bridgehead atoms. The summed E-state index contributed by atoms with van der Waals surface area (Å²) in [5.41, 5.74) is 4.43. The molecule has 1 N–H and O–H groups in total. The van der Waals surface area contributed by atoms with E-state index in [1.165, 1.54) is 49.2 Å². The van der Waals surface area contributed by atoms with Crippen molar-refractivity contribution in [3.63, 3.8) is 0 Å². The zero-order valence-electron chi connectivity index (χ0n) is 12.3. The van der Waals surface area contributed by atoms with Gasteiger partial charge in [-0.1, -0.05) is 32.0 Å². The molecular formula is C17H26N2. The normalized spacial score (nSPS) is 20.6. The van der Waals surface area contributed by atoms with E-state index in [9.17, 15) is 0 Å². The molecule has 2 nitrogen and oxygen atoms in total. The predicted octanol–water partition coefficient (Wildman–Crippen LogP) is 3.52. The number of nitrogens with one attached hydrogen (secondary N) is 1. The van der Waals surface area contributed by atoms with Crippen molar-refractivity contribution < 1.29 is 0 Å². The number of rotatable bonds is 3. The van der Waals surface area contributed by atoms with E-state index in [4.69, 9.17) is 0 Å². The molecule has 0 aliphatic carbocycles. The van der Waals surface area contributed by atoms with E-state index in [-0.39, 0.29) is 0 Å². The summed E-state index contributed by atoms with van der Waals surface area (Å²) in [6, 6.07) is 6.79. The lowest BCUT2D eigenvalue weighted by atomic mass is 9.86. The van der Waals surface area contributed by atoms with Gasteiger partial charge in [0.15, 0.2) is 0 Å². The number of nitrogens with zero attached hydrogens (tertiary/aromatic N) is 1. The molecule has 0 unspecified atom stereocenters. The summed E-state index contributed by atoms with van der Waals surface area (Å²) in [5, 5.41) is 3.56. The summed E-state index contributed by atoms with van der Waals surface area (Å²) in [7, 11) is 0. The van der Waals surface area contributed by atoms with E-state index >= 15 is 0 Å². The first-order valence-electron chi connectivity index (χ1n) is 7.81. The van der Waals surface area contributed by atoms with Crippen LogP contribution in [0, 0.1) is 11.8 Å². The van der Waals surface area contributed by atoms with Crippen LogP contribution in [-0.2, 0) is 13.0 Å². The highest BCUT2D eigenvalue weighted by Gasteiger charge is 2.22. The lowest BCUT2D eigenvalue weighted by Gasteiger charge is -2.34. The summed E-state index contributed by atoms with van der Waals surface area (Å²) in [5.74, 6) is 1.79. The van der Waals surface area contributed by atoms with Crippen molar-refractivity contribution in [2.24, 2.45) is 11.8 Å². The summed E-state index contributed by atoms with van der Waals surface area (Å²) < 4.78 is 0. The number of likely N-dealkylation sites (tertiary alicyclic amines) is 1. The Morgan fingerprint density at radius 2 is 2.05 bits per heavy atom. The molecule has 1 saturated heterocycles. The molecule has 0 aromatic heterocycles. The predicted molar refractivity (Wildman–Crippen MR) is 81.5 cm³/mol. The first kappa shape index (κ1) is 13.0. The molecule has 0 amide bonds. The Morgan fingerprint density at radius 1 is 1.26 bits per heavy atom. The third-order valence-electron chi connectivity index (χ3n) is 4.90. The monoisotopic (exact) mass is 258 g/mol. The molecule has 0 atom stereocenters. The second-order valence-electron chi connectivity index (χ2n) is 6.49. The largest absolute Gasteiger partial charge is 0.384 e. The molecule has 1 aromatic carbocycles. The molecule has 2 heterocycles. The number of piperidine rings is 1. The second-order valence-corrected chi connectivity index (χ2v) is 6.49. The second kappa shape index (κ2) is 5.54. The minimum atomic E-state index is 0.852. The first-order valence-corrected chi connectivity index (χ1v) is 7.81. The minimum absolute atomic E-state index is 0.852. The lowest BCUT2D eigenvalue weighted by molar-refractivity contribution is 0.152. The van der Waals surface area contributed by atoms with Crippen molar-refractivity contribution >= 4 is 5.69 Å². The average molecular weight is 258 g/mol. The third kappa shape index (κ3) is 2.79. The SMILES string of the molecule is CC(C)C1CCN(Cc2cccc3c2NCC3)CC1. The van der Waals surface area contributed by atoms with Crippen molar-refractivity contribution in [3.05, 3.63) is 29.3 Å². The number of hydrogen-bond donors (Lipinski definition) is 1. The van der Waals surface area contributed by atoms with E-state index in [1.807, 2.05) is 0 Å². The van der Waals surface area contributed by atoms with Crippen LogP contribution in [0.15, 0.2) is 18.2 Å². The maximum absolute atomic E-state index is 3.56. The first-order chi connectivity index (χ1) is 9.24. The number of fused-ring (bicyclic) bond motifs is 1. The smallest absolute Gasteiger partial charge is 0.0419 e. The van der Waals surface area contributed by atoms with Gasteiger partial charge in [0.1, 0.15) is 0 Å². The Morgan fingerprint density at radius 3 is 2.79 bits per heavy atom. The zero-order chi connectivity index (χ0) is 13.2. The van der Waals surface area contributed by atoms with Gasteiger partial charge < -0.3 is 5.32 Å².